The molecule has 1 aromatic carbocycles. The van der Waals surface area contributed by atoms with Crippen molar-refractivity contribution in [2.24, 2.45) is 0 Å². The number of urea groups is 1. The first-order valence-corrected chi connectivity index (χ1v) is 11.8. The molecule has 2 N–H and O–H groups in total. The third-order valence-electron chi connectivity index (χ3n) is 5.13. The van der Waals surface area contributed by atoms with E-state index in [0.717, 1.165) is 37.4 Å². The molecule has 32 heavy (non-hydrogen) atoms. The highest BCUT2D eigenvalue weighted by molar-refractivity contribution is 7.99. The van der Waals surface area contributed by atoms with Gasteiger partial charge in [-0.25, -0.2) is 9.18 Å². The van der Waals surface area contributed by atoms with Crippen LogP contribution in [0.25, 0.3) is 5.69 Å². The number of thioether (sulfide) groups is 1. The number of imide groups is 1. The summed E-state index contributed by atoms with van der Waals surface area (Å²) in [7, 11) is 0. The van der Waals surface area contributed by atoms with Crippen LogP contribution in [0.3, 0.4) is 0 Å². The number of likely N-dealkylation sites (tertiary alicyclic amines) is 1. The summed E-state index contributed by atoms with van der Waals surface area (Å²) in [6.45, 7) is 9.58. The molecule has 1 aromatic heterocycles. The Labute approximate surface area is 192 Å². The Hall–Kier alpha value is -2.46. The van der Waals surface area contributed by atoms with E-state index in [1.54, 1.807) is 12.1 Å². The van der Waals surface area contributed by atoms with Gasteiger partial charge in [0, 0.05) is 11.2 Å². The van der Waals surface area contributed by atoms with E-state index in [-0.39, 0.29) is 17.6 Å². The second-order valence-corrected chi connectivity index (χ2v) is 9.91. The Kier molecular flexibility index (Phi) is 7.89. The van der Waals surface area contributed by atoms with Crippen LogP contribution in [-0.4, -0.2) is 56.0 Å². The van der Waals surface area contributed by atoms with Gasteiger partial charge in [0.1, 0.15) is 5.82 Å². The number of hydrogen-bond donors (Lipinski definition) is 2. The van der Waals surface area contributed by atoms with Gasteiger partial charge in [-0.05, 0) is 77.9 Å². The minimum absolute atomic E-state index is 0.00497. The van der Waals surface area contributed by atoms with Gasteiger partial charge in [-0.1, -0.05) is 18.2 Å². The van der Waals surface area contributed by atoms with Crippen LogP contribution in [0.5, 0.6) is 0 Å². The molecule has 1 unspecified atom stereocenters. The highest BCUT2D eigenvalue weighted by Gasteiger charge is 2.26. The van der Waals surface area contributed by atoms with Crippen molar-refractivity contribution in [3.63, 3.8) is 0 Å². The van der Waals surface area contributed by atoms with Crippen LogP contribution < -0.4 is 10.6 Å². The molecule has 174 valence electrons. The van der Waals surface area contributed by atoms with Crippen LogP contribution in [0.1, 0.15) is 58.8 Å². The Bertz CT molecular complexity index is 935. The van der Waals surface area contributed by atoms with Gasteiger partial charge >= 0.3 is 6.03 Å². The SMILES string of the molecule is CC(c1nnc(SCC(=O)NC(=O)NC(C)(C)C)n1-c1ccc(F)cc1)N1CCCCC1. The number of hydrogen-bond acceptors (Lipinski definition) is 6. The van der Waals surface area contributed by atoms with Crippen molar-refractivity contribution in [1.82, 2.24) is 30.3 Å². The second kappa shape index (κ2) is 10.4. The highest BCUT2D eigenvalue weighted by atomic mass is 32.2. The maximum Gasteiger partial charge on any atom is 0.321 e. The normalized spacial score (nSPS) is 15.9. The standard InChI is InChI=1S/C22H31FN6O2S/c1-15(28-12-6-5-7-13-28)19-26-27-21(29(19)17-10-8-16(23)9-11-17)32-14-18(30)24-20(31)25-22(2,3)4/h8-11,15H,5-7,12-14H2,1-4H3,(H2,24,25,30,31). The van der Waals surface area contributed by atoms with Gasteiger partial charge in [-0.3, -0.25) is 19.6 Å². The number of piperidine rings is 1. The third-order valence-corrected chi connectivity index (χ3v) is 6.06. The quantitative estimate of drug-likeness (QED) is 0.637. The predicted octanol–water partition coefficient (Wildman–Crippen LogP) is 3.67. The molecular formula is C22H31FN6O2S. The largest absolute Gasteiger partial charge is 0.333 e. The Morgan fingerprint density at radius 1 is 1.12 bits per heavy atom. The van der Waals surface area contributed by atoms with Crippen LogP contribution in [0.4, 0.5) is 9.18 Å². The van der Waals surface area contributed by atoms with Crippen LogP contribution in [0.2, 0.25) is 0 Å². The molecule has 3 rings (SSSR count). The lowest BCUT2D eigenvalue weighted by molar-refractivity contribution is -0.117. The predicted molar refractivity (Wildman–Crippen MR) is 122 cm³/mol. The fraction of sp³-hybridized carbons (Fsp3) is 0.545. The highest BCUT2D eigenvalue weighted by Crippen LogP contribution is 2.29. The number of nitrogens with one attached hydrogen (secondary N) is 2. The number of carbonyl (C=O) groups excluding carboxylic acids is 2. The molecule has 1 aliphatic rings. The zero-order valence-electron chi connectivity index (χ0n) is 19.0. The van der Waals surface area contributed by atoms with Crippen LogP contribution in [0, 0.1) is 5.82 Å². The molecule has 0 bridgehead atoms. The zero-order valence-corrected chi connectivity index (χ0v) is 19.8. The molecule has 1 aliphatic heterocycles. The van der Waals surface area contributed by atoms with Gasteiger partial charge in [0.15, 0.2) is 11.0 Å². The first kappa shape index (κ1) is 24.2. The molecule has 0 radical (unpaired) electrons. The minimum atomic E-state index is -0.539. The van der Waals surface area contributed by atoms with Crippen LogP contribution in [-0.2, 0) is 4.79 Å². The molecule has 1 saturated heterocycles. The monoisotopic (exact) mass is 462 g/mol. The van der Waals surface area contributed by atoms with E-state index in [4.69, 9.17) is 0 Å². The summed E-state index contributed by atoms with van der Waals surface area (Å²) in [5, 5.41) is 14.3. The molecular weight excluding hydrogens is 431 g/mol. The van der Waals surface area contributed by atoms with Crippen molar-refractivity contribution in [2.45, 2.75) is 63.7 Å². The average Bonchev–Trinajstić information content (AvgIpc) is 3.15. The van der Waals surface area contributed by atoms with Crippen molar-refractivity contribution in [3.05, 3.63) is 35.9 Å². The first-order chi connectivity index (χ1) is 15.1. The van der Waals surface area contributed by atoms with Gasteiger partial charge in [0.05, 0.1) is 11.8 Å². The van der Waals surface area contributed by atoms with Crippen molar-refractivity contribution >= 4 is 23.7 Å². The molecule has 8 nitrogen and oxygen atoms in total. The zero-order chi connectivity index (χ0) is 23.3. The van der Waals surface area contributed by atoms with E-state index >= 15 is 0 Å². The van der Waals surface area contributed by atoms with Gasteiger partial charge in [0.25, 0.3) is 0 Å². The van der Waals surface area contributed by atoms with Crippen LogP contribution in [0.15, 0.2) is 29.4 Å². The topological polar surface area (TPSA) is 92.1 Å². The van der Waals surface area contributed by atoms with E-state index in [2.05, 4.69) is 32.7 Å². The molecule has 1 fully saturated rings. The lowest BCUT2D eigenvalue weighted by Gasteiger charge is -2.31. The number of carbonyl (C=O) groups is 2. The Balaban J connectivity index is 1.78. The summed E-state index contributed by atoms with van der Waals surface area (Å²) >= 11 is 1.18. The van der Waals surface area contributed by atoms with E-state index in [9.17, 15) is 14.0 Å². The summed E-state index contributed by atoms with van der Waals surface area (Å²) in [5.74, 6) is -0.0246. The van der Waals surface area contributed by atoms with Crippen molar-refractivity contribution in [2.75, 3.05) is 18.8 Å². The maximum atomic E-state index is 13.5. The van der Waals surface area contributed by atoms with E-state index in [1.807, 2.05) is 25.3 Å². The molecule has 0 spiro atoms. The lowest BCUT2D eigenvalue weighted by atomic mass is 10.1. The molecule has 1 atom stereocenters. The maximum absolute atomic E-state index is 13.5. The summed E-state index contributed by atoms with van der Waals surface area (Å²) in [4.78, 5) is 26.6. The molecule has 0 saturated carbocycles. The number of aromatic nitrogens is 3. The number of benzene rings is 1. The minimum Gasteiger partial charge on any atom is -0.333 e. The van der Waals surface area contributed by atoms with E-state index in [0.29, 0.717) is 5.16 Å². The van der Waals surface area contributed by atoms with E-state index < -0.39 is 17.5 Å². The summed E-state index contributed by atoms with van der Waals surface area (Å²) < 4.78 is 15.4. The fourth-order valence-corrected chi connectivity index (χ4v) is 4.37. The van der Waals surface area contributed by atoms with Crippen molar-refractivity contribution < 1.29 is 14.0 Å². The molecule has 2 heterocycles. The smallest absolute Gasteiger partial charge is 0.321 e. The Morgan fingerprint density at radius 3 is 2.41 bits per heavy atom. The second-order valence-electron chi connectivity index (χ2n) is 8.97. The summed E-state index contributed by atoms with van der Waals surface area (Å²) in [5.41, 5.74) is 0.281. The summed E-state index contributed by atoms with van der Waals surface area (Å²) in [6, 6.07) is 5.61. The fourth-order valence-electron chi connectivity index (χ4n) is 3.61. The number of nitrogens with zero attached hydrogens (tertiary/aromatic N) is 4. The average molecular weight is 463 g/mol. The number of amides is 3. The van der Waals surface area contributed by atoms with Gasteiger partial charge < -0.3 is 5.32 Å². The number of rotatable bonds is 6. The molecule has 0 aliphatic carbocycles. The third kappa shape index (κ3) is 6.52. The van der Waals surface area contributed by atoms with Crippen LogP contribution >= 0.6 is 11.8 Å². The molecule has 2 aromatic rings. The summed E-state index contributed by atoms with van der Waals surface area (Å²) in [6.07, 6.45) is 3.52. The van der Waals surface area contributed by atoms with Gasteiger partial charge in [-0.2, -0.15) is 0 Å². The Morgan fingerprint density at radius 2 is 1.78 bits per heavy atom. The van der Waals surface area contributed by atoms with Gasteiger partial charge in [-0.15, -0.1) is 10.2 Å². The van der Waals surface area contributed by atoms with Gasteiger partial charge in [0.2, 0.25) is 5.91 Å². The molecule has 10 heteroatoms. The lowest BCUT2D eigenvalue weighted by Crippen LogP contribution is -2.48. The van der Waals surface area contributed by atoms with E-state index in [1.165, 1.54) is 30.3 Å². The molecule has 3 amide bonds. The first-order valence-electron chi connectivity index (χ1n) is 10.8. The van der Waals surface area contributed by atoms with Crippen molar-refractivity contribution in [1.29, 1.82) is 0 Å². The number of halogens is 1. The van der Waals surface area contributed by atoms with Crippen molar-refractivity contribution in [3.8, 4) is 5.69 Å².